The van der Waals surface area contributed by atoms with E-state index < -0.39 is 5.92 Å². The zero-order chi connectivity index (χ0) is 11.1. The number of hydrogen-bond acceptors (Lipinski definition) is 4. The lowest BCUT2D eigenvalue weighted by Crippen LogP contribution is -2.35. The minimum atomic E-state index is -0.414. The topological polar surface area (TPSA) is 83.6 Å². The summed E-state index contributed by atoms with van der Waals surface area (Å²) in [6.07, 6.45) is 0.247. The summed E-state index contributed by atoms with van der Waals surface area (Å²) in [5.41, 5.74) is 5.21. The predicted octanol–water partition coefficient (Wildman–Crippen LogP) is -1.01. The van der Waals surface area contributed by atoms with E-state index in [1.807, 2.05) is 0 Å². The number of rotatable bonds is 6. The number of carbonyl (C=O) groups is 2. The molecule has 0 aliphatic heterocycles. The number of hydrogen-bond donors (Lipinski definition) is 2. The Morgan fingerprint density at radius 1 is 1.50 bits per heavy atom. The van der Waals surface area contributed by atoms with Crippen LogP contribution in [0.2, 0.25) is 0 Å². The fourth-order valence-electron chi connectivity index (χ4n) is 0.894. The largest absolute Gasteiger partial charge is 0.396 e. The first-order chi connectivity index (χ1) is 6.52. The lowest BCUT2D eigenvalue weighted by molar-refractivity contribution is -0.135. The molecular weight excluding hydrogens is 184 g/mol. The minimum Gasteiger partial charge on any atom is -0.396 e. The van der Waals surface area contributed by atoms with Crippen LogP contribution in [0.5, 0.6) is 0 Å². The summed E-state index contributed by atoms with van der Waals surface area (Å²) >= 11 is 0. The molecule has 1 unspecified atom stereocenters. The third-order valence-corrected chi connectivity index (χ3v) is 2.00. The molecule has 0 aliphatic carbocycles. The van der Waals surface area contributed by atoms with Gasteiger partial charge in [0.15, 0.2) is 5.78 Å². The quantitative estimate of drug-likeness (QED) is 0.578. The third kappa shape index (κ3) is 4.34. The molecule has 5 heteroatoms. The molecule has 0 bridgehead atoms. The highest BCUT2D eigenvalue weighted by Gasteiger charge is 2.16. The Kier molecular flexibility index (Phi) is 6.07. The van der Waals surface area contributed by atoms with E-state index >= 15 is 0 Å². The summed E-state index contributed by atoms with van der Waals surface area (Å²) in [5.74, 6) is -0.700. The standard InChI is InChI=1S/C9H18N2O3/c1-7(6-12)8(13)5-11(2)9(14)3-4-10/h7,12H,3-6,10H2,1-2H3. The molecule has 0 radical (unpaired) electrons. The summed E-state index contributed by atoms with van der Waals surface area (Å²) in [7, 11) is 1.56. The van der Waals surface area contributed by atoms with Crippen molar-refractivity contribution in [3.8, 4) is 0 Å². The van der Waals surface area contributed by atoms with Crippen molar-refractivity contribution in [1.29, 1.82) is 0 Å². The van der Waals surface area contributed by atoms with Crippen LogP contribution in [-0.2, 0) is 9.59 Å². The Balaban J connectivity index is 3.99. The van der Waals surface area contributed by atoms with E-state index in [2.05, 4.69) is 0 Å². The van der Waals surface area contributed by atoms with Crippen LogP contribution < -0.4 is 5.73 Å². The van der Waals surface area contributed by atoms with Gasteiger partial charge < -0.3 is 15.7 Å². The number of nitrogens with zero attached hydrogens (tertiary/aromatic N) is 1. The average Bonchev–Trinajstić information content (AvgIpc) is 2.16. The summed E-state index contributed by atoms with van der Waals surface area (Å²) in [4.78, 5) is 23.9. The van der Waals surface area contributed by atoms with Crippen molar-refractivity contribution in [1.82, 2.24) is 4.90 Å². The molecule has 0 fully saturated rings. The van der Waals surface area contributed by atoms with Crippen molar-refractivity contribution in [2.24, 2.45) is 11.7 Å². The number of amides is 1. The normalized spacial score (nSPS) is 12.3. The second kappa shape index (κ2) is 6.50. The van der Waals surface area contributed by atoms with Gasteiger partial charge >= 0.3 is 0 Å². The molecule has 1 atom stereocenters. The summed E-state index contributed by atoms with van der Waals surface area (Å²) in [6, 6.07) is 0. The van der Waals surface area contributed by atoms with Gasteiger partial charge in [-0.15, -0.1) is 0 Å². The molecular formula is C9H18N2O3. The van der Waals surface area contributed by atoms with Crippen LogP contribution in [0.4, 0.5) is 0 Å². The first-order valence-electron chi connectivity index (χ1n) is 4.60. The number of nitrogens with two attached hydrogens (primary N) is 1. The first-order valence-corrected chi connectivity index (χ1v) is 4.60. The lowest BCUT2D eigenvalue weighted by atomic mass is 10.1. The fraction of sp³-hybridized carbons (Fsp3) is 0.778. The van der Waals surface area contributed by atoms with Crippen molar-refractivity contribution in [2.75, 3.05) is 26.7 Å². The van der Waals surface area contributed by atoms with Gasteiger partial charge in [0.05, 0.1) is 13.2 Å². The van der Waals surface area contributed by atoms with E-state index in [4.69, 9.17) is 10.8 Å². The van der Waals surface area contributed by atoms with Crippen LogP contribution in [0.25, 0.3) is 0 Å². The highest BCUT2D eigenvalue weighted by molar-refractivity contribution is 5.87. The molecule has 1 amide bonds. The van der Waals surface area contributed by atoms with E-state index in [0.29, 0.717) is 0 Å². The van der Waals surface area contributed by atoms with E-state index in [1.165, 1.54) is 4.90 Å². The number of carbonyl (C=O) groups excluding carboxylic acids is 2. The van der Waals surface area contributed by atoms with Crippen LogP contribution in [0, 0.1) is 5.92 Å². The van der Waals surface area contributed by atoms with Gasteiger partial charge in [0.1, 0.15) is 0 Å². The lowest BCUT2D eigenvalue weighted by Gasteiger charge is -2.17. The van der Waals surface area contributed by atoms with Crippen LogP contribution in [-0.4, -0.2) is 48.4 Å². The molecule has 14 heavy (non-hydrogen) atoms. The van der Waals surface area contributed by atoms with E-state index in [0.717, 1.165) is 0 Å². The molecule has 0 aromatic rings. The average molecular weight is 202 g/mol. The molecule has 0 rings (SSSR count). The Morgan fingerprint density at radius 2 is 2.07 bits per heavy atom. The van der Waals surface area contributed by atoms with Crippen molar-refractivity contribution >= 4 is 11.7 Å². The molecule has 0 heterocycles. The van der Waals surface area contributed by atoms with E-state index in [-0.39, 0.29) is 37.8 Å². The molecule has 0 aliphatic rings. The predicted molar refractivity (Wildman–Crippen MR) is 52.6 cm³/mol. The van der Waals surface area contributed by atoms with Crippen molar-refractivity contribution in [2.45, 2.75) is 13.3 Å². The van der Waals surface area contributed by atoms with Crippen molar-refractivity contribution in [3.63, 3.8) is 0 Å². The molecule has 0 saturated carbocycles. The van der Waals surface area contributed by atoms with Gasteiger partial charge in [0, 0.05) is 25.9 Å². The summed E-state index contributed by atoms with van der Waals surface area (Å²) in [5, 5.41) is 8.72. The number of aliphatic hydroxyl groups excluding tert-OH is 1. The monoisotopic (exact) mass is 202 g/mol. The van der Waals surface area contributed by atoms with Gasteiger partial charge in [-0.05, 0) is 0 Å². The zero-order valence-electron chi connectivity index (χ0n) is 8.69. The second-order valence-electron chi connectivity index (χ2n) is 3.34. The maximum atomic E-state index is 11.3. The van der Waals surface area contributed by atoms with E-state index in [9.17, 15) is 9.59 Å². The number of likely N-dealkylation sites (N-methyl/N-ethyl adjacent to an activating group) is 1. The Bertz CT molecular complexity index is 206. The summed E-state index contributed by atoms with van der Waals surface area (Å²) in [6.45, 7) is 1.77. The zero-order valence-corrected chi connectivity index (χ0v) is 8.69. The SMILES string of the molecule is CC(CO)C(=O)CN(C)C(=O)CCN. The fourth-order valence-corrected chi connectivity index (χ4v) is 0.894. The minimum absolute atomic E-state index is 0.0422. The van der Waals surface area contributed by atoms with Crippen molar-refractivity contribution < 1.29 is 14.7 Å². The molecule has 5 nitrogen and oxygen atoms in total. The molecule has 3 N–H and O–H groups in total. The van der Waals surface area contributed by atoms with Gasteiger partial charge in [0.2, 0.25) is 5.91 Å². The molecule has 82 valence electrons. The first kappa shape index (κ1) is 13.1. The maximum absolute atomic E-state index is 11.3. The van der Waals surface area contributed by atoms with Crippen LogP contribution in [0.1, 0.15) is 13.3 Å². The van der Waals surface area contributed by atoms with Gasteiger partial charge in [0.25, 0.3) is 0 Å². The van der Waals surface area contributed by atoms with Gasteiger partial charge in [-0.1, -0.05) is 6.92 Å². The van der Waals surface area contributed by atoms with Crippen LogP contribution in [0.15, 0.2) is 0 Å². The maximum Gasteiger partial charge on any atom is 0.223 e. The second-order valence-corrected chi connectivity index (χ2v) is 3.34. The number of aliphatic hydroxyl groups is 1. The smallest absolute Gasteiger partial charge is 0.223 e. The van der Waals surface area contributed by atoms with Gasteiger partial charge in [-0.25, -0.2) is 0 Å². The highest BCUT2D eigenvalue weighted by Crippen LogP contribution is 1.98. The number of ketones is 1. The Hall–Kier alpha value is -0.940. The summed E-state index contributed by atoms with van der Waals surface area (Å²) < 4.78 is 0. The van der Waals surface area contributed by atoms with Crippen LogP contribution in [0.3, 0.4) is 0 Å². The molecule has 0 spiro atoms. The number of Topliss-reactive ketones (excluding diaryl/α,β-unsaturated/α-hetero) is 1. The van der Waals surface area contributed by atoms with Gasteiger partial charge in [-0.2, -0.15) is 0 Å². The highest BCUT2D eigenvalue weighted by atomic mass is 16.3. The third-order valence-electron chi connectivity index (χ3n) is 2.00. The molecule has 0 aromatic heterocycles. The molecule has 0 saturated heterocycles. The van der Waals surface area contributed by atoms with Crippen molar-refractivity contribution in [3.05, 3.63) is 0 Å². The van der Waals surface area contributed by atoms with E-state index in [1.54, 1.807) is 14.0 Å². The Labute approximate surface area is 83.9 Å². The van der Waals surface area contributed by atoms with Crippen LogP contribution >= 0.6 is 0 Å². The van der Waals surface area contributed by atoms with Gasteiger partial charge in [-0.3, -0.25) is 9.59 Å². The Morgan fingerprint density at radius 3 is 2.50 bits per heavy atom. The molecule has 0 aromatic carbocycles.